The number of ketones is 1. The van der Waals surface area contributed by atoms with Gasteiger partial charge < -0.3 is 0 Å². The van der Waals surface area contributed by atoms with Crippen molar-refractivity contribution in [2.45, 2.75) is 22.6 Å². The van der Waals surface area contributed by atoms with Gasteiger partial charge in [0.15, 0.2) is 5.78 Å². The highest BCUT2D eigenvalue weighted by molar-refractivity contribution is 7.99. The summed E-state index contributed by atoms with van der Waals surface area (Å²) in [5, 5.41) is 0. The van der Waals surface area contributed by atoms with Crippen LogP contribution in [0.25, 0.3) is 0 Å². The van der Waals surface area contributed by atoms with Crippen LogP contribution in [-0.4, -0.2) is 5.78 Å². The van der Waals surface area contributed by atoms with Crippen molar-refractivity contribution in [3.63, 3.8) is 0 Å². The number of carbonyl (C=O) groups excluding carboxylic acids is 1. The average molecular weight is 318 g/mol. The number of hydrogen-bond acceptors (Lipinski definition) is 2. The Morgan fingerprint density at radius 1 is 0.696 bits per heavy atom. The molecule has 0 saturated carbocycles. The Hall–Kier alpha value is -2.32. The van der Waals surface area contributed by atoms with Gasteiger partial charge in [-0.2, -0.15) is 0 Å². The number of aryl methyl sites for hydroxylation is 1. The highest BCUT2D eigenvalue weighted by Gasteiger charge is 2.05. The van der Waals surface area contributed by atoms with E-state index in [0.29, 0.717) is 6.42 Å². The van der Waals surface area contributed by atoms with Crippen molar-refractivity contribution in [3.05, 3.63) is 96.1 Å². The zero-order valence-electron chi connectivity index (χ0n) is 12.8. The summed E-state index contributed by atoms with van der Waals surface area (Å²) in [6.45, 7) is 0. The largest absolute Gasteiger partial charge is 0.294 e. The molecule has 0 bridgehead atoms. The summed E-state index contributed by atoms with van der Waals surface area (Å²) in [5.74, 6) is 0.202. The summed E-state index contributed by atoms with van der Waals surface area (Å²) in [4.78, 5) is 14.6. The molecule has 0 aliphatic carbocycles. The van der Waals surface area contributed by atoms with Crippen molar-refractivity contribution in [3.8, 4) is 0 Å². The van der Waals surface area contributed by atoms with Crippen LogP contribution in [0.4, 0.5) is 0 Å². The maximum Gasteiger partial charge on any atom is 0.163 e. The standard InChI is InChI=1S/C21H18OS/c22-21(18-7-3-1-4-8-18)16-13-17-11-14-20(15-12-17)23-19-9-5-2-6-10-19/h1-12,14-15H,13,16H2. The molecule has 0 spiro atoms. The minimum atomic E-state index is 0.202. The molecule has 0 heterocycles. The van der Waals surface area contributed by atoms with E-state index in [1.54, 1.807) is 11.8 Å². The van der Waals surface area contributed by atoms with Crippen molar-refractivity contribution < 1.29 is 4.79 Å². The Bertz CT molecular complexity index is 749. The summed E-state index contributed by atoms with van der Waals surface area (Å²) >= 11 is 1.75. The van der Waals surface area contributed by atoms with Gasteiger partial charge in [0.25, 0.3) is 0 Å². The monoisotopic (exact) mass is 318 g/mol. The fraction of sp³-hybridized carbons (Fsp3) is 0.0952. The lowest BCUT2D eigenvalue weighted by Gasteiger charge is -2.05. The van der Waals surface area contributed by atoms with Crippen molar-refractivity contribution >= 4 is 17.5 Å². The van der Waals surface area contributed by atoms with Crippen LogP contribution in [0.1, 0.15) is 22.3 Å². The second-order valence-electron chi connectivity index (χ2n) is 5.35. The van der Waals surface area contributed by atoms with Gasteiger partial charge in [-0.15, -0.1) is 0 Å². The summed E-state index contributed by atoms with van der Waals surface area (Å²) < 4.78 is 0. The van der Waals surface area contributed by atoms with Crippen LogP contribution in [0.2, 0.25) is 0 Å². The highest BCUT2D eigenvalue weighted by Crippen LogP contribution is 2.27. The van der Waals surface area contributed by atoms with Crippen LogP contribution < -0.4 is 0 Å². The van der Waals surface area contributed by atoms with Crippen LogP contribution >= 0.6 is 11.8 Å². The molecule has 114 valence electrons. The number of hydrogen-bond donors (Lipinski definition) is 0. The lowest BCUT2D eigenvalue weighted by atomic mass is 10.0. The molecule has 2 heteroatoms. The van der Waals surface area contributed by atoms with Gasteiger partial charge in [0.1, 0.15) is 0 Å². The number of benzene rings is 3. The van der Waals surface area contributed by atoms with Crippen LogP contribution in [-0.2, 0) is 6.42 Å². The predicted octanol–water partition coefficient (Wildman–Crippen LogP) is 5.65. The first-order valence-corrected chi connectivity index (χ1v) is 8.53. The van der Waals surface area contributed by atoms with E-state index < -0.39 is 0 Å². The molecule has 0 amide bonds. The molecule has 0 aliphatic heterocycles. The molecular weight excluding hydrogens is 300 g/mol. The predicted molar refractivity (Wildman–Crippen MR) is 96.1 cm³/mol. The van der Waals surface area contributed by atoms with Crippen LogP contribution in [0.3, 0.4) is 0 Å². The summed E-state index contributed by atoms with van der Waals surface area (Å²) in [5.41, 5.74) is 2.00. The quantitative estimate of drug-likeness (QED) is 0.546. The molecule has 0 radical (unpaired) electrons. The van der Waals surface area contributed by atoms with E-state index in [2.05, 4.69) is 36.4 Å². The van der Waals surface area contributed by atoms with E-state index in [1.165, 1.54) is 15.4 Å². The lowest BCUT2D eigenvalue weighted by molar-refractivity contribution is 0.0983. The van der Waals surface area contributed by atoms with Gasteiger partial charge in [-0.05, 0) is 36.2 Å². The molecule has 1 nitrogen and oxygen atoms in total. The van der Waals surface area contributed by atoms with E-state index in [0.717, 1.165) is 12.0 Å². The van der Waals surface area contributed by atoms with E-state index in [-0.39, 0.29) is 5.78 Å². The average Bonchev–Trinajstić information content (AvgIpc) is 2.62. The Labute approximate surface area is 141 Å². The van der Waals surface area contributed by atoms with E-state index in [4.69, 9.17) is 0 Å². The van der Waals surface area contributed by atoms with Gasteiger partial charge in [0.05, 0.1) is 0 Å². The van der Waals surface area contributed by atoms with Crippen LogP contribution in [0, 0.1) is 0 Å². The number of carbonyl (C=O) groups is 1. The molecule has 0 aromatic heterocycles. The third-order valence-corrected chi connectivity index (χ3v) is 4.65. The SMILES string of the molecule is O=C(CCc1ccc(Sc2ccccc2)cc1)c1ccccc1. The molecule has 0 N–H and O–H groups in total. The van der Waals surface area contributed by atoms with Gasteiger partial charge in [-0.25, -0.2) is 0 Å². The number of Topliss-reactive ketones (excluding diaryl/α,β-unsaturated/α-hetero) is 1. The van der Waals surface area contributed by atoms with Crippen LogP contribution in [0.15, 0.2) is 94.7 Å². The zero-order chi connectivity index (χ0) is 15.9. The second-order valence-corrected chi connectivity index (χ2v) is 6.50. The molecule has 0 saturated heterocycles. The van der Waals surface area contributed by atoms with Gasteiger partial charge in [0, 0.05) is 21.8 Å². The smallest absolute Gasteiger partial charge is 0.163 e. The van der Waals surface area contributed by atoms with Crippen molar-refractivity contribution in [1.82, 2.24) is 0 Å². The number of rotatable bonds is 6. The molecule has 0 fully saturated rings. The van der Waals surface area contributed by atoms with Gasteiger partial charge in [-0.1, -0.05) is 72.4 Å². The fourth-order valence-electron chi connectivity index (χ4n) is 2.38. The van der Waals surface area contributed by atoms with Gasteiger partial charge in [0.2, 0.25) is 0 Å². The summed E-state index contributed by atoms with van der Waals surface area (Å²) in [6.07, 6.45) is 1.33. The van der Waals surface area contributed by atoms with Crippen LogP contribution in [0.5, 0.6) is 0 Å². The molecule has 23 heavy (non-hydrogen) atoms. The first-order chi connectivity index (χ1) is 11.3. The lowest BCUT2D eigenvalue weighted by Crippen LogP contribution is -2.00. The first-order valence-electron chi connectivity index (χ1n) is 7.71. The zero-order valence-corrected chi connectivity index (χ0v) is 13.6. The van der Waals surface area contributed by atoms with Crippen molar-refractivity contribution in [2.24, 2.45) is 0 Å². The van der Waals surface area contributed by atoms with Gasteiger partial charge in [-0.3, -0.25) is 4.79 Å². The Kier molecular flexibility index (Phi) is 5.28. The summed E-state index contributed by atoms with van der Waals surface area (Å²) in [6, 6.07) is 28.3. The third-order valence-electron chi connectivity index (χ3n) is 3.64. The second kappa shape index (κ2) is 7.80. The molecule has 3 aromatic rings. The normalized spacial score (nSPS) is 10.4. The fourth-order valence-corrected chi connectivity index (χ4v) is 3.21. The van der Waals surface area contributed by atoms with Gasteiger partial charge >= 0.3 is 0 Å². The maximum absolute atomic E-state index is 12.1. The molecule has 0 aliphatic rings. The first kappa shape index (κ1) is 15.6. The molecule has 3 rings (SSSR count). The minimum Gasteiger partial charge on any atom is -0.294 e. The Morgan fingerprint density at radius 2 is 1.26 bits per heavy atom. The van der Waals surface area contributed by atoms with E-state index in [9.17, 15) is 4.79 Å². The Balaban J connectivity index is 1.56. The molecule has 3 aromatic carbocycles. The molecule has 0 atom stereocenters. The highest BCUT2D eigenvalue weighted by atomic mass is 32.2. The van der Waals surface area contributed by atoms with Crippen molar-refractivity contribution in [2.75, 3.05) is 0 Å². The summed E-state index contributed by atoms with van der Waals surface area (Å²) in [7, 11) is 0. The van der Waals surface area contributed by atoms with E-state index >= 15 is 0 Å². The maximum atomic E-state index is 12.1. The van der Waals surface area contributed by atoms with E-state index in [1.807, 2.05) is 48.5 Å². The molecular formula is C21H18OS. The topological polar surface area (TPSA) is 17.1 Å². The Morgan fingerprint density at radius 3 is 1.91 bits per heavy atom. The minimum absolute atomic E-state index is 0.202. The van der Waals surface area contributed by atoms with Crippen molar-refractivity contribution in [1.29, 1.82) is 0 Å². The third kappa shape index (κ3) is 4.57. The molecule has 0 unspecified atom stereocenters.